The first kappa shape index (κ1) is 21.3. The summed E-state index contributed by atoms with van der Waals surface area (Å²) in [7, 11) is 0. The van der Waals surface area contributed by atoms with Gasteiger partial charge in [0.1, 0.15) is 0 Å². The lowest BCUT2D eigenvalue weighted by Crippen LogP contribution is -2.41. The molecule has 31 heavy (non-hydrogen) atoms. The third-order valence-electron chi connectivity index (χ3n) is 6.08. The molecule has 3 aromatic rings. The van der Waals surface area contributed by atoms with E-state index in [2.05, 4.69) is 0 Å². The van der Waals surface area contributed by atoms with Gasteiger partial charge in [0, 0.05) is 16.1 Å². The van der Waals surface area contributed by atoms with Crippen molar-refractivity contribution in [2.24, 2.45) is 0 Å². The fourth-order valence-electron chi connectivity index (χ4n) is 4.22. The second-order valence-corrected chi connectivity index (χ2v) is 8.62. The molecule has 4 nitrogen and oxygen atoms in total. The molecule has 0 aromatic heterocycles. The van der Waals surface area contributed by atoms with Crippen LogP contribution in [0.25, 0.3) is 0 Å². The van der Waals surface area contributed by atoms with Crippen LogP contribution in [0.2, 0.25) is 5.02 Å². The molecule has 1 amide bonds. The summed E-state index contributed by atoms with van der Waals surface area (Å²) in [6.07, 6.45) is -0.314. The lowest BCUT2D eigenvalue weighted by Gasteiger charge is -2.23. The smallest absolute Gasteiger partial charge is 0.264 e. The average molecular weight is 434 g/mol. The van der Waals surface area contributed by atoms with Gasteiger partial charge in [-0.05, 0) is 61.2 Å². The van der Waals surface area contributed by atoms with Crippen molar-refractivity contribution in [1.29, 1.82) is 0 Å². The molecule has 0 unspecified atom stereocenters. The molecule has 0 bridgehead atoms. The van der Waals surface area contributed by atoms with Crippen LogP contribution in [0.5, 0.6) is 0 Å². The van der Waals surface area contributed by atoms with Crippen LogP contribution in [-0.4, -0.2) is 16.8 Å². The van der Waals surface area contributed by atoms with E-state index in [4.69, 9.17) is 11.6 Å². The zero-order valence-electron chi connectivity index (χ0n) is 17.8. The van der Waals surface area contributed by atoms with E-state index in [9.17, 15) is 14.7 Å². The quantitative estimate of drug-likeness (QED) is 0.557. The van der Waals surface area contributed by atoms with Crippen LogP contribution in [0, 0.1) is 20.8 Å². The zero-order valence-corrected chi connectivity index (χ0v) is 18.5. The molecule has 0 fully saturated rings. The minimum absolute atomic E-state index is 0.217. The summed E-state index contributed by atoms with van der Waals surface area (Å²) in [4.78, 5) is 28.2. The number of carbonyl (C=O) groups excluding carboxylic acids is 2. The molecule has 3 aromatic carbocycles. The van der Waals surface area contributed by atoms with Crippen molar-refractivity contribution < 1.29 is 14.7 Å². The molecule has 0 saturated heterocycles. The molecular weight excluding hydrogens is 410 g/mol. The molecule has 1 heterocycles. The highest BCUT2D eigenvalue weighted by Gasteiger charge is 2.50. The van der Waals surface area contributed by atoms with Gasteiger partial charge in [0.25, 0.3) is 5.91 Å². The van der Waals surface area contributed by atoms with Crippen molar-refractivity contribution in [3.05, 3.63) is 99.1 Å². The number of Topliss-reactive ketones (excluding diaryl/α,β-unsaturated/α-hetero) is 1. The Kier molecular flexibility index (Phi) is 5.46. The number of rotatable bonds is 5. The van der Waals surface area contributed by atoms with Crippen molar-refractivity contribution in [3.63, 3.8) is 0 Å². The second kappa shape index (κ2) is 7.95. The fourth-order valence-corrected chi connectivity index (χ4v) is 4.42. The van der Waals surface area contributed by atoms with Gasteiger partial charge in [-0.3, -0.25) is 9.59 Å². The largest absolute Gasteiger partial charge is 0.375 e. The molecule has 0 spiro atoms. The molecule has 0 saturated carbocycles. The summed E-state index contributed by atoms with van der Waals surface area (Å²) < 4.78 is 0. The summed E-state index contributed by atoms with van der Waals surface area (Å²) in [5, 5.41) is 12.1. The summed E-state index contributed by atoms with van der Waals surface area (Å²) >= 11 is 6.30. The van der Waals surface area contributed by atoms with Gasteiger partial charge in [0.2, 0.25) is 0 Å². The monoisotopic (exact) mass is 433 g/mol. The molecule has 4 rings (SSSR count). The number of aliphatic hydroxyl groups is 1. The summed E-state index contributed by atoms with van der Waals surface area (Å²) in [6.45, 7) is 6.03. The number of fused-ring (bicyclic) bond motifs is 1. The van der Waals surface area contributed by atoms with Gasteiger partial charge in [-0.15, -0.1) is 0 Å². The highest BCUT2D eigenvalue weighted by molar-refractivity contribution is 6.31. The molecule has 1 aliphatic rings. The predicted octanol–water partition coefficient (Wildman–Crippen LogP) is 5.27. The Hall–Kier alpha value is -2.95. The maximum atomic E-state index is 13.5. The third-order valence-corrected chi connectivity index (χ3v) is 6.45. The van der Waals surface area contributed by atoms with E-state index >= 15 is 0 Å². The number of halogens is 1. The molecule has 158 valence electrons. The molecule has 0 radical (unpaired) electrons. The van der Waals surface area contributed by atoms with Gasteiger partial charge >= 0.3 is 0 Å². The van der Waals surface area contributed by atoms with E-state index in [1.165, 1.54) is 4.90 Å². The van der Waals surface area contributed by atoms with Gasteiger partial charge in [0.15, 0.2) is 11.4 Å². The summed E-state index contributed by atoms with van der Waals surface area (Å²) in [5.41, 5.74) is 3.37. The van der Waals surface area contributed by atoms with Crippen molar-refractivity contribution in [2.75, 3.05) is 4.90 Å². The van der Waals surface area contributed by atoms with Crippen LogP contribution in [0.15, 0.2) is 60.7 Å². The maximum Gasteiger partial charge on any atom is 0.264 e. The van der Waals surface area contributed by atoms with Crippen LogP contribution in [-0.2, 0) is 16.9 Å². The maximum absolute atomic E-state index is 13.5. The highest BCUT2D eigenvalue weighted by Crippen LogP contribution is 2.44. The standard InChI is InChI=1S/C26H24ClNO3/c1-16-12-18(3)20(13-17(16)2)24(29)14-26(31)21-9-5-7-11-23(21)28(25(26)30)15-19-8-4-6-10-22(19)27/h4-13,31H,14-15H2,1-3H3/t26-/m0/s1. The number of nitrogens with zero attached hydrogens (tertiary/aromatic N) is 1. The third kappa shape index (κ3) is 3.67. The first-order valence-corrected chi connectivity index (χ1v) is 10.6. The zero-order chi connectivity index (χ0) is 22.3. The Morgan fingerprint density at radius 3 is 2.35 bits per heavy atom. The van der Waals surface area contributed by atoms with Crippen molar-refractivity contribution >= 4 is 29.0 Å². The van der Waals surface area contributed by atoms with Gasteiger partial charge in [-0.25, -0.2) is 0 Å². The first-order chi connectivity index (χ1) is 14.7. The van der Waals surface area contributed by atoms with E-state index in [-0.39, 0.29) is 18.7 Å². The predicted molar refractivity (Wildman–Crippen MR) is 123 cm³/mol. The van der Waals surface area contributed by atoms with E-state index in [1.54, 1.807) is 24.3 Å². The minimum atomic E-state index is -1.92. The minimum Gasteiger partial charge on any atom is -0.375 e. The number of benzene rings is 3. The summed E-state index contributed by atoms with van der Waals surface area (Å²) in [6, 6.07) is 18.2. The highest BCUT2D eigenvalue weighted by atomic mass is 35.5. The molecular formula is C26H24ClNO3. The Balaban J connectivity index is 1.71. The van der Waals surface area contributed by atoms with Crippen molar-refractivity contribution in [1.82, 2.24) is 0 Å². The van der Waals surface area contributed by atoms with E-state index < -0.39 is 11.5 Å². The normalized spacial score (nSPS) is 17.7. The number of hydrogen-bond acceptors (Lipinski definition) is 3. The number of anilines is 1. The average Bonchev–Trinajstić information content (AvgIpc) is 2.94. The molecule has 1 N–H and O–H groups in total. The van der Waals surface area contributed by atoms with Gasteiger partial charge < -0.3 is 10.0 Å². The lowest BCUT2D eigenvalue weighted by atomic mass is 9.86. The molecule has 5 heteroatoms. The fraction of sp³-hybridized carbons (Fsp3) is 0.231. The van der Waals surface area contributed by atoms with E-state index in [1.807, 2.05) is 57.2 Å². The van der Waals surface area contributed by atoms with E-state index in [0.717, 1.165) is 22.3 Å². The molecule has 0 aliphatic carbocycles. The number of carbonyl (C=O) groups is 2. The topological polar surface area (TPSA) is 57.6 Å². The Morgan fingerprint density at radius 1 is 0.968 bits per heavy atom. The lowest BCUT2D eigenvalue weighted by molar-refractivity contribution is -0.136. The van der Waals surface area contributed by atoms with Crippen LogP contribution in [0.4, 0.5) is 5.69 Å². The number of amides is 1. The number of aryl methyl sites for hydroxylation is 3. The Morgan fingerprint density at radius 2 is 1.61 bits per heavy atom. The first-order valence-electron chi connectivity index (χ1n) is 10.2. The van der Waals surface area contributed by atoms with Gasteiger partial charge in [0.05, 0.1) is 18.7 Å². The van der Waals surface area contributed by atoms with E-state index in [0.29, 0.717) is 21.8 Å². The molecule has 1 atom stereocenters. The number of ketones is 1. The summed E-state index contributed by atoms with van der Waals surface area (Å²) in [5.74, 6) is -0.769. The van der Waals surface area contributed by atoms with Gasteiger partial charge in [-0.2, -0.15) is 0 Å². The SMILES string of the molecule is Cc1cc(C)c(C(=O)C[C@@]2(O)C(=O)N(Cc3ccccc3Cl)c3ccccc32)cc1C. The van der Waals surface area contributed by atoms with Gasteiger partial charge in [-0.1, -0.05) is 54.1 Å². The van der Waals surface area contributed by atoms with Crippen LogP contribution in [0.3, 0.4) is 0 Å². The number of para-hydroxylation sites is 1. The Labute approximate surface area is 187 Å². The van der Waals surface area contributed by atoms with Crippen LogP contribution in [0.1, 0.15) is 44.6 Å². The Bertz CT molecular complexity index is 1200. The van der Waals surface area contributed by atoms with Crippen LogP contribution >= 0.6 is 11.6 Å². The van der Waals surface area contributed by atoms with Crippen molar-refractivity contribution in [2.45, 2.75) is 39.3 Å². The van der Waals surface area contributed by atoms with Crippen LogP contribution < -0.4 is 4.90 Å². The second-order valence-electron chi connectivity index (χ2n) is 8.21. The van der Waals surface area contributed by atoms with Crippen molar-refractivity contribution in [3.8, 4) is 0 Å². The number of hydrogen-bond donors (Lipinski definition) is 1. The molecule has 1 aliphatic heterocycles.